The van der Waals surface area contributed by atoms with Crippen molar-refractivity contribution < 1.29 is 18.7 Å². The number of imidazole rings is 1. The molecule has 7 rings (SSSR count). The molecule has 0 radical (unpaired) electrons. The highest BCUT2D eigenvalue weighted by Crippen LogP contribution is 2.56. The summed E-state index contributed by atoms with van der Waals surface area (Å²) >= 11 is 12.3. The van der Waals surface area contributed by atoms with Crippen LogP contribution >= 0.6 is 23.2 Å². The van der Waals surface area contributed by atoms with E-state index in [2.05, 4.69) is 15.6 Å². The standard InChI is InChI=1S/C28H22Cl2FN5O3/c1-12-11-36-19-9-18-21(24(19)34-20(36)8-16(12)26(37)39-2)22(15-5-6-32-25(30)23(15)31)28(35-18)10-13-3-4-14(29)7-17(13)33-27(28)38/h3-8,11,18,21-22,35H,9-10H2,1-2H3,(H,33,38)/t18-,21+,22-,28+/m0/s1. The van der Waals surface area contributed by atoms with E-state index >= 15 is 4.39 Å². The van der Waals surface area contributed by atoms with Crippen LogP contribution in [0, 0.1) is 12.7 Å². The molecule has 5 heterocycles. The number of carbonyl (C=O) groups is 2. The monoisotopic (exact) mass is 565 g/mol. The molecule has 1 fully saturated rings. The first kappa shape index (κ1) is 24.5. The Bertz CT molecular complexity index is 1740. The van der Waals surface area contributed by atoms with Gasteiger partial charge in [0.15, 0.2) is 11.0 Å². The van der Waals surface area contributed by atoms with E-state index < -0.39 is 23.2 Å². The van der Waals surface area contributed by atoms with Gasteiger partial charge in [-0.25, -0.2) is 19.2 Å². The summed E-state index contributed by atoms with van der Waals surface area (Å²) in [5.41, 5.74) is 4.16. The van der Waals surface area contributed by atoms with Crippen molar-refractivity contribution in [1.29, 1.82) is 0 Å². The predicted molar refractivity (Wildman–Crippen MR) is 143 cm³/mol. The van der Waals surface area contributed by atoms with Crippen LogP contribution in [0.25, 0.3) is 5.65 Å². The fourth-order valence-electron chi connectivity index (χ4n) is 6.77. The zero-order chi connectivity index (χ0) is 27.2. The molecule has 1 amide bonds. The molecular formula is C28H22Cl2FN5O3. The van der Waals surface area contributed by atoms with Crippen LogP contribution < -0.4 is 10.6 Å². The number of esters is 1. The maximum atomic E-state index is 15.7. The number of hydrogen-bond donors (Lipinski definition) is 2. The molecule has 1 aliphatic carbocycles. The molecule has 0 unspecified atom stereocenters. The molecule has 2 N–H and O–H groups in total. The minimum atomic E-state index is -1.16. The average Bonchev–Trinajstić information content (AvgIpc) is 3.52. The number of methoxy groups -OCH3 is 1. The Hall–Kier alpha value is -3.53. The molecule has 4 atom stereocenters. The van der Waals surface area contributed by atoms with Crippen molar-refractivity contribution in [3.63, 3.8) is 0 Å². The van der Waals surface area contributed by atoms with Crippen molar-refractivity contribution in [3.05, 3.63) is 92.4 Å². The highest BCUT2D eigenvalue weighted by molar-refractivity contribution is 6.31. The summed E-state index contributed by atoms with van der Waals surface area (Å²) in [5.74, 6) is -2.34. The quantitative estimate of drug-likeness (QED) is 0.272. The van der Waals surface area contributed by atoms with Crippen molar-refractivity contribution >= 4 is 46.4 Å². The molecule has 2 aliphatic heterocycles. The Morgan fingerprint density at radius 3 is 2.87 bits per heavy atom. The number of aryl methyl sites for hydroxylation is 1. The van der Waals surface area contributed by atoms with E-state index in [9.17, 15) is 9.59 Å². The summed E-state index contributed by atoms with van der Waals surface area (Å²) in [5, 5.41) is 6.89. The largest absolute Gasteiger partial charge is 0.465 e. The average molecular weight is 566 g/mol. The van der Waals surface area contributed by atoms with Gasteiger partial charge in [-0.2, -0.15) is 0 Å². The number of carbonyl (C=O) groups excluding carboxylic acids is 2. The number of ether oxygens (including phenoxy) is 1. The third-order valence-electron chi connectivity index (χ3n) is 8.40. The van der Waals surface area contributed by atoms with Gasteiger partial charge in [0.05, 0.1) is 18.4 Å². The Kier molecular flexibility index (Phi) is 5.33. The van der Waals surface area contributed by atoms with Crippen molar-refractivity contribution in [1.82, 2.24) is 19.7 Å². The van der Waals surface area contributed by atoms with Gasteiger partial charge in [-0.1, -0.05) is 29.3 Å². The Labute approximate surface area is 232 Å². The first-order valence-electron chi connectivity index (χ1n) is 12.5. The second kappa shape index (κ2) is 8.48. The van der Waals surface area contributed by atoms with E-state index in [0.717, 1.165) is 22.5 Å². The number of hydrogen-bond acceptors (Lipinski definition) is 6. The number of halogens is 3. The lowest BCUT2D eigenvalue weighted by Crippen LogP contribution is -2.59. The number of nitrogens with zero attached hydrogens (tertiary/aromatic N) is 3. The minimum Gasteiger partial charge on any atom is -0.465 e. The summed E-state index contributed by atoms with van der Waals surface area (Å²) in [4.78, 5) is 35.1. The molecule has 1 aromatic carbocycles. The minimum absolute atomic E-state index is 0.184. The van der Waals surface area contributed by atoms with E-state index in [4.69, 9.17) is 32.9 Å². The zero-order valence-electron chi connectivity index (χ0n) is 20.9. The van der Waals surface area contributed by atoms with Crippen LogP contribution in [0.4, 0.5) is 10.1 Å². The molecule has 0 saturated carbocycles. The van der Waals surface area contributed by atoms with Crippen LogP contribution in [0.3, 0.4) is 0 Å². The van der Waals surface area contributed by atoms with Gasteiger partial charge in [-0.15, -0.1) is 0 Å². The van der Waals surface area contributed by atoms with Crippen LogP contribution in [0.15, 0.2) is 42.7 Å². The first-order valence-corrected chi connectivity index (χ1v) is 13.2. The number of amides is 1. The number of rotatable bonds is 2. The fourth-order valence-corrected chi connectivity index (χ4v) is 7.11. The highest BCUT2D eigenvalue weighted by atomic mass is 35.5. The number of fused-ring (bicyclic) bond motifs is 6. The van der Waals surface area contributed by atoms with Crippen LogP contribution in [-0.2, 0) is 22.4 Å². The molecular weight excluding hydrogens is 544 g/mol. The Morgan fingerprint density at radius 1 is 1.26 bits per heavy atom. The molecule has 11 heteroatoms. The van der Waals surface area contributed by atoms with Gasteiger partial charge in [0.2, 0.25) is 5.91 Å². The topological polar surface area (TPSA) is 97.6 Å². The fraction of sp³-hybridized carbons (Fsp3) is 0.286. The summed E-state index contributed by atoms with van der Waals surface area (Å²) in [6.07, 6.45) is 4.23. The smallest absolute Gasteiger partial charge is 0.338 e. The molecule has 4 aromatic rings. The third-order valence-corrected chi connectivity index (χ3v) is 8.89. The molecule has 3 aromatic heterocycles. The van der Waals surface area contributed by atoms with Crippen molar-refractivity contribution in [2.24, 2.45) is 0 Å². The van der Waals surface area contributed by atoms with E-state index in [-0.39, 0.29) is 23.0 Å². The number of benzene rings is 1. The summed E-state index contributed by atoms with van der Waals surface area (Å²) in [6, 6.07) is 8.50. The second-order valence-corrected chi connectivity index (χ2v) is 11.2. The number of aromatic nitrogens is 3. The molecule has 8 nitrogen and oxygen atoms in total. The predicted octanol–water partition coefficient (Wildman–Crippen LogP) is 4.60. The molecule has 3 aliphatic rings. The third kappa shape index (κ3) is 3.39. The van der Waals surface area contributed by atoms with E-state index in [1.54, 1.807) is 24.3 Å². The maximum Gasteiger partial charge on any atom is 0.338 e. The van der Waals surface area contributed by atoms with Gasteiger partial charge in [0.1, 0.15) is 11.2 Å². The van der Waals surface area contributed by atoms with E-state index in [1.807, 2.05) is 23.6 Å². The zero-order valence-corrected chi connectivity index (χ0v) is 22.4. The van der Waals surface area contributed by atoms with Crippen LogP contribution in [0.1, 0.15) is 50.3 Å². The van der Waals surface area contributed by atoms with E-state index in [0.29, 0.717) is 40.3 Å². The van der Waals surface area contributed by atoms with Crippen LogP contribution in [0.5, 0.6) is 0 Å². The van der Waals surface area contributed by atoms with Crippen molar-refractivity contribution in [2.75, 3.05) is 12.4 Å². The van der Waals surface area contributed by atoms with Crippen molar-refractivity contribution in [3.8, 4) is 0 Å². The molecule has 0 bridgehead atoms. The van der Waals surface area contributed by atoms with Crippen molar-refractivity contribution in [2.45, 2.75) is 43.2 Å². The van der Waals surface area contributed by atoms with Gasteiger partial charge in [0.25, 0.3) is 0 Å². The maximum absolute atomic E-state index is 15.7. The van der Waals surface area contributed by atoms with Crippen LogP contribution in [0.2, 0.25) is 10.2 Å². The second-order valence-electron chi connectivity index (χ2n) is 10.4. The first-order chi connectivity index (χ1) is 18.7. The van der Waals surface area contributed by atoms with Gasteiger partial charge in [0, 0.05) is 59.5 Å². The molecule has 1 saturated heterocycles. The van der Waals surface area contributed by atoms with Gasteiger partial charge < -0.3 is 14.5 Å². The number of anilines is 1. The summed E-state index contributed by atoms with van der Waals surface area (Å²) in [7, 11) is 1.34. The SMILES string of the molecule is COC(=O)c1cc2nc3c(n2cc1C)C[C@@H]1N[C@]2(Cc4ccc(Cl)cc4NC2=O)[C@@H](c2ccnc(Cl)c2F)[C@H]31. The number of pyridine rings is 2. The normalized spacial score (nSPS) is 24.9. The van der Waals surface area contributed by atoms with E-state index in [1.165, 1.54) is 13.3 Å². The van der Waals surface area contributed by atoms with Crippen LogP contribution in [-0.4, -0.2) is 44.9 Å². The lowest BCUT2D eigenvalue weighted by Gasteiger charge is -2.40. The molecule has 1 spiro atoms. The lowest BCUT2D eigenvalue weighted by atomic mass is 9.70. The molecule has 198 valence electrons. The lowest BCUT2D eigenvalue weighted by molar-refractivity contribution is -0.123. The molecule has 39 heavy (non-hydrogen) atoms. The van der Waals surface area contributed by atoms with Gasteiger partial charge >= 0.3 is 5.97 Å². The summed E-state index contributed by atoms with van der Waals surface area (Å²) < 4.78 is 22.6. The van der Waals surface area contributed by atoms with Gasteiger partial charge in [-0.3, -0.25) is 10.1 Å². The Balaban J connectivity index is 1.42. The Morgan fingerprint density at radius 2 is 2.08 bits per heavy atom. The van der Waals surface area contributed by atoms with Gasteiger partial charge in [-0.05, 0) is 47.9 Å². The highest BCUT2D eigenvalue weighted by Gasteiger charge is 2.63. The summed E-state index contributed by atoms with van der Waals surface area (Å²) in [6.45, 7) is 1.84. The number of nitrogens with one attached hydrogen (secondary N) is 2.